The topological polar surface area (TPSA) is 77.2 Å². The third kappa shape index (κ3) is 5.31. The molecule has 1 aromatic heterocycles. The SMILES string of the molecule is COc1ccc(C(C)(C)CNC(=O)CCc2nc(C(C)(C)C)no2)cc1. The summed E-state index contributed by atoms with van der Waals surface area (Å²) in [6, 6.07) is 7.91. The van der Waals surface area contributed by atoms with Crippen molar-refractivity contribution in [3.8, 4) is 5.75 Å². The first-order chi connectivity index (χ1) is 12.1. The molecule has 0 saturated heterocycles. The maximum absolute atomic E-state index is 12.2. The van der Waals surface area contributed by atoms with Gasteiger partial charge in [-0.25, -0.2) is 0 Å². The second-order valence-electron chi connectivity index (χ2n) is 8.15. The van der Waals surface area contributed by atoms with Gasteiger partial charge in [-0.2, -0.15) is 4.98 Å². The van der Waals surface area contributed by atoms with Crippen molar-refractivity contribution in [1.29, 1.82) is 0 Å². The van der Waals surface area contributed by atoms with Crippen LogP contribution in [0.4, 0.5) is 0 Å². The van der Waals surface area contributed by atoms with Crippen LogP contribution >= 0.6 is 0 Å². The predicted octanol–water partition coefficient (Wildman–Crippen LogP) is 3.40. The van der Waals surface area contributed by atoms with E-state index in [0.717, 1.165) is 11.3 Å². The Labute approximate surface area is 155 Å². The van der Waals surface area contributed by atoms with Gasteiger partial charge in [0.05, 0.1) is 7.11 Å². The number of amides is 1. The van der Waals surface area contributed by atoms with Crippen LogP contribution in [0, 0.1) is 0 Å². The number of ether oxygens (including phenoxy) is 1. The van der Waals surface area contributed by atoms with E-state index in [1.807, 2.05) is 45.0 Å². The van der Waals surface area contributed by atoms with Gasteiger partial charge >= 0.3 is 0 Å². The molecule has 0 atom stereocenters. The highest BCUT2D eigenvalue weighted by atomic mass is 16.5. The van der Waals surface area contributed by atoms with Crippen LogP contribution < -0.4 is 10.1 Å². The van der Waals surface area contributed by atoms with Gasteiger partial charge in [0, 0.05) is 30.2 Å². The summed E-state index contributed by atoms with van der Waals surface area (Å²) in [5.41, 5.74) is 0.809. The Morgan fingerprint density at radius 2 is 1.81 bits per heavy atom. The molecule has 0 unspecified atom stereocenters. The molecular formula is C20H29N3O3. The molecule has 0 aliphatic rings. The Kier molecular flexibility index (Phi) is 6.05. The van der Waals surface area contributed by atoms with Crippen molar-refractivity contribution < 1.29 is 14.1 Å². The fraction of sp³-hybridized carbons (Fsp3) is 0.550. The largest absolute Gasteiger partial charge is 0.497 e. The number of carbonyl (C=O) groups is 1. The highest BCUT2D eigenvalue weighted by molar-refractivity contribution is 5.76. The molecule has 1 N–H and O–H groups in total. The molecule has 0 spiro atoms. The summed E-state index contributed by atoms with van der Waals surface area (Å²) in [5, 5.41) is 6.97. The van der Waals surface area contributed by atoms with Crippen LogP contribution in [0.5, 0.6) is 5.75 Å². The van der Waals surface area contributed by atoms with Crippen LogP contribution in [-0.2, 0) is 22.0 Å². The average molecular weight is 359 g/mol. The van der Waals surface area contributed by atoms with Gasteiger partial charge in [-0.15, -0.1) is 0 Å². The summed E-state index contributed by atoms with van der Waals surface area (Å²) >= 11 is 0. The van der Waals surface area contributed by atoms with E-state index in [2.05, 4.69) is 29.3 Å². The molecule has 0 aliphatic heterocycles. The van der Waals surface area contributed by atoms with Crippen molar-refractivity contribution in [2.45, 2.75) is 58.3 Å². The van der Waals surface area contributed by atoms with Gasteiger partial charge in [0.25, 0.3) is 0 Å². The van der Waals surface area contributed by atoms with Crippen LogP contribution in [0.1, 0.15) is 58.3 Å². The fourth-order valence-electron chi connectivity index (χ4n) is 2.43. The van der Waals surface area contributed by atoms with Crippen molar-refractivity contribution in [3.63, 3.8) is 0 Å². The van der Waals surface area contributed by atoms with Gasteiger partial charge in [0.15, 0.2) is 5.82 Å². The number of methoxy groups -OCH3 is 1. The van der Waals surface area contributed by atoms with Crippen LogP contribution in [0.15, 0.2) is 28.8 Å². The minimum absolute atomic E-state index is 0.0258. The number of rotatable bonds is 7. The van der Waals surface area contributed by atoms with Crippen LogP contribution in [0.2, 0.25) is 0 Å². The number of hydrogen-bond acceptors (Lipinski definition) is 5. The highest BCUT2D eigenvalue weighted by Crippen LogP contribution is 2.24. The quantitative estimate of drug-likeness (QED) is 0.820. The van der Waals surface area contributed by atoms with E-state index in [1.54, 1.807) is 7.11 Å². The standard InChI is InChI=1S/C20H29N3O3/c1-19(2,3)18-22-17(26-23-18)12-11-16(24)21-13-20(4,5)14-7-9-15(25-6)10-8-14/h7-10H,11-13H2,1-6H3,(H,21,24). The smallest absolute Gasteiger partial charge is 0.227 e. The van der Waals surface area contributed by atoms with Crippen LogP contribution in [-0.4, -0.2) is 29.7 Å². The Morgan fingerprint density at radius 3 is 2.35 bits per heavy atom. The summed E-state index contributed by atoms with van der Waals surface area (Å²) in [5.74, 6) is 1.96. The molecule has 142 valence electrons. The lowest BCUT2D eigenvalue weighted by Gasteiger charge is -2.25. The minimum atomic E-state index is -0.175. The van der Waals surface area contributed by atoms with E-state index < -0.39 is 0 Å². The molecule has 1 aromatic carbocycles. The second-order valence-corrected chi connectivity index (χ2v) is 8.15. The van der Waals surface area contributed by atoms with E-state index in [9.17, 15) is 4.79 Å². The molecule has 2 aromatic rings. The van der Waals surface area contributed by atoms with Gasteiger partial charge in [-0.1, -0.05) is 51.9 Å². The van der Waals surface area contributed by atoms with Gasteiger partial charge in [-0.05, 0) is 17.7 Å². The van der Waals surface area contributed by atoms with E-state index in [4.69, 9.17) is 9.26 Å². The maximum Gasteiger partial charge on any atom is 0.227 e. The van der Waals surface area contributed by atoms with Crippen molar-refractivity contribution in [2.24, 2.45) is 0 Å². The third-order valence-electron chi connectivity index (χ3n) is 4.30. The first kappa shape index (κ1) is 19.9. The molecule has 0 bridgehead atoms. The number of nitrogens with zero attached hydrogens (tertiary/aromatic N) is 2. The van der Waals surface area contributed by atoms with E-state index in [0.29, 0.717) is 31.1 Å². The molecule has 26 heavy (non-hydrogen) atoms. The number of hydrogen-bond donors (Lipinski definition) is 1. The molecule has 2 rings (SSSR count). The average Bonchev–Trinajstić information content (AvgIpc) is 3.08. The predicted molar refractivity (Wildman–Crippen MR) is 100 cm³/mol. The lowest BCUT2D eigenvalue weighted by atomic mass is 9.84. The van der Waals surface area contributed by atoms with Crippen molar-refractivity contribution >= 4 is 5.91 Å². The van der Waals surface area contributed by atoms with Crippen LogP contribution in [0.3, 0.4) is 0 Å². The first-order valence-corrected chi connectivity index (χ1v) is 8.86. The monoisotopic (exact) mass is 359 g/mol. The van der Waals surface area contributed by atoms with E-state index >= 15 is 0 Å². The lowest BCUT2D eigenvalue weighted by Crippen LogP contribution is -2.36. The summed E-state index contributed by atoms with van der Waals surface area (Å²) in [6.45, 7) is 10.8. The molecule has 6 heteroatoms. The van der Waals surface area contributed by atoms with Crippen LogP contribution in [0.25, 0.3) is 0 Å². The number of aromatic nitrogens is 2. The number of carbonyl (C=O) groups excluding carboxylic acids is 1. The van der Waals surface area contributed by atoms with Crippen molar-refractivity contribution in [3.05, 3.63) is 41.5 Å². The highest BCUT2D eigenvalue weighted by Gasteiger charge is 2.23. The van der Waals surface area contributed by atoms with Gasteiger partial charge in [-0.3, -0.25) is 4.79 Å². The number of nitrogens with one attached hydrogen (secondary N) is 1. The van der Waals surface area contributed by atoms with Crippen molar-refractivity contribution in [1.82, 2.24) is 15.5 Å². The molecular weight excluding hydrogens is 330 g/mol. The maximum atomic E-state index is 12.2. The lowest BCUT2D eigenvalue weighted by molar-refractivity contribution is -0.121. The van der Waals surface area contributed by atoms with E-state index in [-0.39, 0.29) is 16.7 Å². The van der Waals surface area contributed by atoms with Gasteiger partial charge in [0.2, 0.25) is 11.8 Å². The number of benzene rings is 1. The zero-order valence-electron chi connectivity index (χ0n) is 16.5. The third-order valence-corrected chi connectivity index (χ3v) is 4.30. The zero-order chi connectivity index (χ0) is 19.4. The normalized spacial score (nSPS) is 12.1. The van der Waals surface area contributed by atoms with Crippen molar-refractivity contribution in [2.75, 3.05) is 13.7 Å². The Bertz CT molecular complexity index is 728. The van der Waals surface area contributed by atoms with E-state index in [1.165, 1.54) is 0 Å². The second kappa shape index (κ2) is 7.89. The van der Waals surface area contributed by atoms with Gasteiger partial charge < -0.3 is 14.6 Å². The number of aryl methyl sites for hydroxylation is 1. The molecule has 0 radical (unpaired) electrons. The summed E-state index contributed by atoms with van der Waals surface area (Å²) in [7, 11) is 1.65. The zero-order valence-corrected chi connectivity index (χ0v) is 16.5. The molecule has 1 heterocycles. The fourth-order valence-corrected chi connectivity index (χ4v) is 2.43. The molecule has 6 nitrogen and oxygen atoms in total. The molecule has 0 fully saturated rings. The Morgan fingerprint density at radius 1 is 1.15 bits per heavy atom. The minimum Gasteiger partial charge on any atom is -0.497 e. The Balaban J connectivity index is 1.84. The molecule has 0 aliphatic carbocycles. The molecule has 0 saturated carbocycles. The first-order valence-electron chi connectivity index (χ1n) is 8.86. The van der Waals surface area contributed by atoms with Gasteiger partial charge in [0.1, 0.15) is 5.75 Å². The Hall–Kier alpha value is -2.37. The summed E-state index contributed by atoms with van der Waals surface area (Å²) in [4.78, 5) is 16.5. The molecule has 1 amide bonds. The summed E-state index contributed by atoms with van der Waals surface area (Å²) in [6.07, 6.45) is 0.766. The summed E-state index contributed by atoms with van der Waals surface area (Å²) < 4.78 is 10.4.